The number of allylic oxidation sites excluding steroid dienone is 1. The van der Waals surface area contributed by atoms with E-state index in [9.17, 15) is 13.6 Å². The lowest BCUT2D eigenvalue weighted by atomic mass is 9.90. The van der Waals surface area contributed by atoms with Crippen molar-refractivity contribution in [3.05, 3.63) is 71.0 Å². The molecule has 0 radical (unpaired) electrons. The topological polar surface area (TPSA) is 89.6 Å². The van der Waals surface area contributed by atoms with E-state index in [1.807, 2.05) is 0 Å². The minimum absolute atomic E-state index is 0.0679. The summed E-state index contributed by atoms with van der Waals surface area (Å²) in [6, 6.07) is 6.76. The molecule has 2 heterocycles. The molecule has 3 rings (SSSR count). The molecule has 1 aromatic carbocycles. The molecule has 0 aliphatic carbocycles. The summed E-state index contributed by atoms with van der Waals surface area (Å²) in [7, 11) is 0. The molecule has 1 aromatic heterocycles. The summed E-state index contributed by atoms with van der Waals surface area (Å²) in [6.07, 6.45) is 8.00. The van der Waals surface area contributed by atoms with E-state index in [2.05, 4.69) is 21.2 Å². The second-order valence-corrected chi connectivity index (χ2v) is 6.17. The number of aromatic nitrogens is 1. The van der Waals surface area contributed by atoms with Crippen LogP contribution in [-0.2, 0) is 10.3 Å². The first kappa shape index (κ1) is 19.0. The van der Waals surface area contributed by atoms with Crippen molar-refractivity contribution in [3.63, 3.8) is 0 Å². The molecule has 0 bridgehead atoms. The molecule has 0 saturated heterocycles. The predicted molar refractivity (Wildman–Crippen MR) is 101 cm³/mol. The number of rotatable bonds is 4. The maximum absolute atomic E-state index is 14.5. The maximum Gasteiger partial charge on any atom is 0.288 e. The molecule has 6 nitrogen and oxygen atoms in total. The Morgan fingerprint density at radius 3 is 2.82 bits per heavy atom. The first-order valence-corrected chi connectivity index (χ1v) is 8.19. The van der Waals surface area contributed by atoms with Crippen molar-refractivity contribution in [1.82, 2.24) is 4.98 Å². The van der Waals surface area contributed by atoms with Gasteiger partial charge in [-0.25, -0.2) is 18.8 Å². The number of nitrogens with two attached hydrogens (primary N) is 1. The number of nitrogens with zero attached hydrogens (tertiary/aromatic N) is 2. The van der Waals surface area contributed by atoms with Gasteiger partial charge < -0.3 is 15.8 Å². The molecule has 2 aromatic rings. The molecule has 1 atom stereocenters. The van der Waals surface area contributed by atoms with Gasteiger partial charge in [0.2, 0.25) is 0 Å². The van der Waals surface area contributed by atoms with Crippen molar-refractivity contribution in [2.45, 2.75) is 12.5 Å². The summed E-state index contributed by atoms with van der Waals surface area (Å²) in [5.74, 6) is 1.25. The monoisotopic (exact) mass is 382 g/mol. The smallest absolute Gasteiger partial charge is 0.288 e. The molecule has 1 aliphatic heterocycles. The van der Waals surface area contributed by atoms with Crippen LogP contribution in [0.1, 0.15) is 28.5 Å². The van der Waals surface area contributed by atoms with E-state index >= 15 is 0 Å². The summed E-state index contributed by atoms with van der Waals surface area (Å²) in [5, 5.41) is 2.63. The summed E-state index contributed by atoms with van der Waals surface area (Å²) in [4.78, 5) is 20.4. The van der Waals surface area contributed by atoms with Crippen LogP contribution in [0.25, 0.3) is 0 Å². The minimum Gasteiger partial charge on any atom is -0.428 e. The van der Waals surface area contributed by atoms with Gasteiger partial charge in [-0.15, -0.1) is 6.42 Å². The Labute approximate surface area is 160 Å². The molecular formula is C20H16F2N4O2. The van der Waals surface area contributed by atoms with Crippen molar-refractivity contribution >= 4 is 17.6 Å². The summed E-state index contributed by atoms with van der Waals surface area (Å²) in [5.41, 5.74) is 5.38. The summed E-state index contributed by atoms with van der Waals surface area (Å²) >= 11 is 0. The van der Waals surface area contributed by atoms with Crippen LogP contribution in [-0.4, -0.2) is 23.6 Å². The Bertz CT molecular complexity index is 1030. The predicted octanol–water partition coefficient (Wildman–Crippen LogP) is 2.87. The molecule has 0 unspecified atom stereocenters. The van der Waals surface area contributed by atoms with Gasteiger partial charge in [0.1, 0.15) is 29.5 Å². The third-order valence-corrected chi connectivity index (χ3v) is 4.08. The van der Waals surface area contributed by atoms with Gasteiger partial charge in [-0.1, -0.05) is 5.92 Å². The van der Waals surface area contributed by atoms with Crippen molar-refractivity contribution in [2.75, 3.05) is 12.0 Å². The summed E-state index contributed by atoms with van der Waals surface area (Å²) < 4.78 is 32.5. The number of aliphatic imine (C=N–C) groups is 1. The fourth-order valence-corrected chi connectivity index (χ4v) is 2.76. The van der Waals surface area contributed by atoms with Crippen molar-refractivity contribution in [2.24, 2.45) is 10.7 Å². The van der Waals surface area contributed by atoms with E-state index in [4.69, 9.17) is 16.9 Å². The van der Waals surface area contributed by atoms with Crippen molar-refractivity contribution < 1.29 is 18.3 Å². The van der Waals surface area contributed by atoms with Gasteiger partial charge in [0, 0.05) is 23.0 Å². The number of anilines is 1. The fraction of sp³-hybridized carbons (Fsp3) is 0.150. The lowest BCUT2D eigenvalue weighted by molar-refractivity contribution is 0.102. The highest BCUT2D eigenvalue weighted by atomic mass is 19.1. The third kappa shape index (κ3) is 3.83. The van der Waals surface area contributed by atoms with E-state index in [-0.39, 0.29) is 23.0 Å². The van der Waals surface area contributed by atoms with Crippen LogP contribution in [0.15, 0.2) is 53.4 Å². The Balaban J connectivity index is 1.91. The molecule has 0 saturated carbocycles. The highest BCUT2D eigenvalue weighted by molar-refractivity contribution is 6.02. The van der Waals surface area contributed by atoms with Gasteiger partial charge in [-0.3, -0.25) is 4.79 Å². The van der Waals surface area contributed by atoms with Gasteiger partial charge in [0.05, 0.1) is 0 Å². The Morgan fingerprint density at radius 1 is 1.39 bits per heavy atom. The molecule has 0 spiro atoms. The van der Waals surface area contributed by atoms with Crippen LogP contribution < -0.4 is 11.1 Å². The number of benzene rings is 1. The normalized spacial score (nSPS) is 18.4. The molecular weight excluding hydrogens is 366 g/mol. The van der Waals surface area contributed by atoms with E-state index in [1.165, 1.54) is 36.5 Å². The SMILES string of the molecule is C#Cc1ccc(C(=O)Nc2ccc(F)c([C@]3(C)C=C(CF)OC(N)=N3)c2)nc1. The number of pyridine rings is 1. The number of hydrogen-bond acceptors (Lipinski definition) is 5. The van der Waals surface area contributed by atoms with Gasteiger partial charge in [0.25, 0.3) is 11.9 Å². The number of alkyl halides is 1. The third-order valence-electron chi connectivity index (χ3n) is 4.08. The Hall–Kier alpha value is -3.73. The average Bonchev–Trinajstić information content (AvgIpc) is 2.68. The maximum atomic E-state index is 14.5. The number of terminal acetylenes is 1. The number of carbonyl (C=O) groups is 1. The van der Waals surface area contributed by atoms with Gasteiger partial charge >= 0.3 is 0 Å². The van der Waals surface area contributed by atoms with Crippen molar-refractivity contribution in [1.29, 1.82) is 0 Å². The quantitative estimate of drug-likeness (QED) is 0.796. The van der Waals surface area contributed by atoms with Crippen LogP contribution in [0.5, 0.6) is 0 Å². The molecule has 8 heteroatoms. The van der Waals surface area contributed by atoms with Crippen LogP contribution >= 0.6 is 0 Å². The highest BCUT2D eigenvalue weighted by Crippen LogP contribution is 2.35. The number of amidine groups is 1. The Morgan fingerprint density at radius 2 is 2.18 bits per heavy atom. The molecule has 0 fully saturated rings. The first-order valence-electron chi connectivity index (χ1n) is 8.19. The lowest BCUT2D eigenvalue weighted by Crippen LogP contribution is -2.31. The molecule has 142 valence electrons. The number of halogens is 2. The van der Waals surface area contributed by atoms with Crippen LogP contribution in [0.3, 0.4) is 0 Å². The Kier molecular flexibility index (Phi) is 5.09. The zero-order chi connectivity index (χ0) is 20.3. The second kappa shape index (κ2) is 7.48. The molecule has 1 aliphatic rings. The number of amides is 1. The first-order chi connectivity index (χ1) is 13.3. The van der Waals surface area contributed by atoms with Gasteiger partial charge in [0.15, 0.2) is 0 Å². The fourth-order valence-electron chi connectivity index (χ4n) is 2.76. The second-order valence-electron chi connectivity index (χ2n) is 6.17. The number of hydrogen-bond donors (Lipinski definition) is 2. The van der Waals surface area contributed by atoms with Crippen LogP contribution in [0, 0.1) is 18.2 Å². The molecule has 1 amide bonds. The number of carbonyl (C=O) groups excluding carboxylic acids is 1. The van der Waals surface area contributed by atoms with E-state index in [1.54, 1.807) is 13.0 Å². The lowest BCUT2D eigenvalue weighted by Gasteiger charge is -2.28. The van der Waals surface area contributed by atoms with Gasteiger partial charge in [-0.2, -0.15) is 0 Å². The zero-order valence-electron chi connectivity index (χ0n) is 14.9. The largest absolute Gasteiger partial charge is 0.428 e. The number of ether oxygens (including phenoxy) is 1. The van der Waals surface area contributed by atoms with Gasteiger partial charge in [-0.05, 0) is 43.3 Å². The standard InChI is InChI=1S/C20H16F2N4O2/c1-3-12-4-7-17(24-11-12)18(27)25-13-5-6-16(22)15(8-13)20(2)9-14(10-21)28-19(23)26-20/h1,4-9,11H,10H2,2H3,(H2,23,26)(H,25,27)/t20-/m0/s1. The summed E-state index contributed by atoms with van der Waals surface area (Å²) in [6.45, 7) is 0.644. The molecule has 28 heavy (non-hydrogen) atoms. The van der Waals surface area contributed by atoms with E-state index in [0.717, 1.165) is 0 Å². The van der Waals surface area contributed by atoms with Crippen LogP contribution in [0.4, 0.5) is 14.5 Å². The van der Waals surface area contributed by atoms with E-state index in [0.29, 0.717) is 11.3 Å². The molecule has 3 N–H and O–H groups in total. The zero-order valence-corrected chi connectivity index (χ0v) is 14.9. The number of nitrogens with one attached hydrogen (secondary N) is 1. The van der Waals surface area contributed by atoms with E-state index < -0.39 is 23.9 Å². The average molecular weight is 382 g/mol. The van der Waals surface area contributed by atoms with Crippen molar-refractivity contribution in [3.8, 4) is 12.3 Å². The minimum atomic E-state index is -1.29. The van der Waals surface area contributed by atoms with Crippen LogP contribution in [0.2, 0.25) is 0 Å². The highest BCUT2D eigenvalue weighted by Gasteiger charge is 2.32.